The van der Waals surface area contributed by atoms with Crippen molar-refractivity contribution in [2.45, 2.75) is 26.8 Å². The van der Waals surface area contributed by atoms with Crippen LogP contribution >= 0.6 is 11.6 Å². The van der Waals surface area contributed by atoms with Crippen molar-refractivity contribution in [2.75, 3.05) is 0 Å². The highest BCUT2D eigenvalue weighted by atomic mass is 35.5. The predicted octanol–water partition coefficient (Wildman–Crippen LogP) is 4.83. The smallest absolute Gasteiger partial charge is 0.251 e. The van der Waals surface area contributed by atoms with Crippen molar-refractivity contribution < 1.29 is 4.79 Å². The molecule has 3 rings (SSSR count). The van der Waals surface area contributed by atoms with Gasteiger partial charge >= 0.3 is 0 Å². The molecule has 0 saturated heterocycles. The van der Waals surface area contributed by atoms with Crippen molar-refractivity contribution in [2.24, 2.45) is 5.73 Å². The molecule has 0 atom stereocenters. The van der Waals surface area contributed by atoms with Crippen LogP contribution in [0, 0.1) is 6.92 Å². The molecule has 0 saturated carbocycles. The highest BCUT2D eigenvalue weighted by Gasteiger charge is 2.23. The van der Waals surface area contributed by atoms with Crippen molar-refractivity contribution in [1.29, 1.82) is 0 Å². The molecule has 1 aromatic heterocycles. The Bertz CT molecular complexity index is 896. The van der Waals surface area contributed by atoms with Crippen LogP contribution in [-0.4, -0.2) is 10.5 Å². The lowest BCUT2D eigenvalue weighted by Crippen LogP contribution is -2.13. The summed E-state index contributed by atoms with van der Waals surface area (Å²) in [6, 6.07) is 17.8. The van der Waals surface area contributed by atoms with Crippen LogP contribution in [0.5, 0.6) is 0 Å². The second-order valence-electron chi connectivity index (χ2n) is 6.08. The van der Waals surface area contributed by atoms with Crippen LogP contribution in [0.2, 0.25) is 5.02 Å². The minimum Gasteiger partial charge on any atom is -0.366 e. The van der Waals surface area contributed by atoms with Gasteiger partial charge in [-0.15, -0.1) is 0 Å². The van der Waals surface area contributed by atoms with Gasteiger partial charge < -0.3 is 10.3 Å². The van der Waals surface area contributed by atoms with Gasteiger partial charge in [0.05, 0.1) is 5.56 Å². The maximum atomic E-state index is 12.2. The molecule has 1 amide bonds. The van der Waals surface area contributed by atoms with Crippen molar-refractivity contribution in [3.05, 3.63) is 82.1 Å². The molecule has 0 fully saturated rings. The van der Waals surface area contributed by atoms with Gasteiger partial charge in [-0.1, -0.05) is 61.0 Å². The monoisotopic (exact) mass is 352 g/mol. The summed E-state index contributed by atoms with van der Waals surface area (Å²) in [5.41, 5.74) is 11.4. The highest BCUT2D eigenvalue weighted by Crippen LogP contribution is 2.34. The molecule has 0 spiro atoms. The van der Waals surface area contributed by atoms with Crippen LogP contribution in [0.15, 0.2) is 54.6 Å². The number of nitrogens with two attached hydrogens (primary N) is 1. The Morgan fingerprint density at radius 1 is 1.08 bits per heavy atom. The van der Waals surface area contributed by atoms with Gasteiger partial charge in [0.25, 0.3) is 5.91 Å². The fourth-order valence-electron chi connectivity index (χ4n) is 3.37. The summed E-state index contributed by atoms with van der Waals surface area (Å²) in [5, 5.41) is 0.669. The molecule has 25 heavy (non-hydrogen) atoms. The number of hydrogen-bond donors (Lipinski definition) is 1. The Labute approximate surface area is 153 Å². The van der Waals surface area contributed by atoms with E-state index in [-0.39, 0.29) is 0 Å². The van der Waals surface area contributed by atoms with Crippen LogP contribution < -0.4 is 5.73 Å². The zero-order chi connectivity index (χ0) is 18.0. The van der Waals surface area contributed by atoms with Crippen LogP contribution in [-0.2, 0) is 13.0 Å². The molecule has 4 heteroatoms. The van der Waals surface area contributed by atoms with Crippen molar-refractivity contribution in [3.8, 4) is 11.1 Å². The Kier molecular flexibility index (Phi) is 4.95. The summed E-state index contributed by atoms with van der Waals surface area (Å²) in [6.45, 7) is 4.77. The Morgan fingerprint density at radius 3 is 2.28 bits per heavy atom. The Hall–Kier alpha value is -2.52. The van der Waals surface area contributed by atoms with Crippen LogP contribution in [0.1, 0.15) is 34.2 Å². The Morgan fingerprint density at radius 2 is 1.72 bits per heavy atom. The molecule has 0 radical (unpaired) electrons. The highest BCUT2D eigenvalue weighted by molar-refractivity contribution is 6.30. The Balaban J connectivity index is 2.21. The first kappa shape index (κ1) is 17.3. The summed E-state index contributed by atoms with van der Waals surface area (Å²) >= 11 is 6.02. The lowest BCUT2D eigenvalue weighted by atomic mass is 9.99. The van der Waals surface area contributed by atoms with Gasteiger partial charge in [-0.2, -0.15) is 0 Å². The summed E-state index contributed by atoms with van der Waals surface area (Å²) in [6.07, 6.45) is 0.804. The van der Waals surface area contributed by atoms with E-state index in [0.29, 0.717) is 17.1 Å². The molecule has 0 aliphatic heterocycles. The van der Waals surface area contributed by atoms with E-state index >= 15 is 0 Å². The first-order chi connectivity index (χ1) is 12.0. The summed E-state index contributed by atoms with van der Waals surface area (Å²) in [7, 11) is 0. The van der Waals surface area contributed by atoms with E-state index in [2.05, 4.69) is 23.6 Å². The number of carbonyl (C=O) groups is 1. The maximum absolute atomic E-state index is 12.2. The minimum atomic E-state index is -0.399. The SMILES string of the molecule is CCc1c(-c2ccc(Cl)cc2)c(C(N)=O)c(C)n1Cc1ccccc1. The molecule has 128 valence electrons. The van der Waals surface area contributed by atoms with E-state index < -0.39 is 5.91 Å². The summed E-state index contributed by atoms with van der Waals surface area (Å²) in [5.74, 6) is -0.399. The molecular weight excluding hydrogens is 332 g/mol. The minimum absolute atomic E-state index is 0.399. The molecule has 3 nitrogen and oxygen atoms in total. The lowest BCUT2D eigenvalue weighted by Gasteiger charge is -2.12. The van der Waals surface area contributed by atoms with Gasteiger partial charge in [0.2, 0.25) is 0 Å². The molecule has 1 heterocycles. The number of hydrogen-bond acceptors (Lipinski definition) is 1. The molecule has 0 bridgehead atoms. The molecule has 2 N–H and O–H groups in total. The topological polar surface area (TPSA) is 48.0 Å². The van der Waals surface area contributed by atoms with Gasteiger partial charge in [0, 0.05) is 28.5 Å². The third-order valence-electron chi connectivity index (χ3n) is 4.53. The lowest BCUT2D eigenvalue weighted by molar-refractivity contribution is 0.1000. The number of halogens is 1. The third kappa shape index (κ3) is 3.33. The fraction of sp³-hybridized carbons (Fsp3) is 0.190. The zero-order valence-corrected chi connectivity index (χ0v) is 15.2. The number of rotatable bonds is 5. The quantitative estimate of drug-likeness (QED) is 0.702. The zero-order valence-electron chi connectivity index (χ0n) is 14.4. The van der Waals surface area contributed by atoms with Gasteiger partial charge in [-0.05, 0) is 36.6 Å². The van der Waals surface area contributed by atoms with E-state index in [4.69, 9.17) is 17.3 Å². The second kappa shape index (κ2) is 7.16. The number of aromatic nitrogens is 1. The molecule has 2 aromatic carbocycles. The third-order valence-corrected chi connectivity index (χ3v) is 4.78. The fourth-order valence-corrected chi connectivity index (χ4v) is 3.50. The maximum Gasteiger partial charge on any atom is 0.251 e. The van der Waals surface area contributed by atoms with Gasteiger partial charge in [0.15, 0.2) is 0 Å². The molecule has 0 aliphatic carbocycles. The normalized spacial score (nSPS) is 10.8. The van der Waals surface area contributed by atoms with Crippen LogP contribution in [0.25, 0.3) is 11.1 Å². The predicted molar refractivity (Wildman–Crippen MR) is 103 cm³/mol. The van der Waals surface area contributed by atoms with E-state index in [9.17, 15) is 4.79 Å². The van der Waals surface area contributed by atoms with E-state index in [0.717, 1.165) is 28.9 Å². The number of amides is 1. The largest absolute Gasteiger partial charge is 0.366 e. The molecule has 0 unspecified atom stereocenters. The summed E-state index contributed by atoms with van der Waals surface area (Å²) in [4.78, 5) is 12.2. The number of benzene rings is 2. The second-order valence-corrected chi connectivity index (χ2v) is 6.51. The summed E-state index contributed by atoms with van der Waals surface area (Å²) < 4.78 is 2.19. The van der Waals surface area contributed by atoms with Gasteiger partial charge in [-0.25, -0.2) is 0 Å². The van der Waals surface area contributed by atoms with Crippen molar-refractivity contribution in [3.63, 3.8) is 0 Å². The van der Waals surface area contributed by atoms with E-state index in [1.165, 1.54) is 5.56 Å². The number of nitrogens with zero attached hydrogens (tertiary/aromatic N) is 1. The van der Waals surface area contributed by atoms with Gasteiger partial charge in [0.1, 0.15) is 0 Å². The van der Waals surface area contributed by atoms with Crippen LogP contribution in [0.4, 0.5) is 0 Å². The first-order valence-electron chi connectivity index (χ1n) is 8.34. The standard InChI is InChI=1S/C21H21ClN2O/c1-3-18-20(16-9-11-17(22)12-10-16)19(21(23)25)14(2)24(18)13-15-7-5-4-6-8-15/h4-12H,3,13H2,1-2H3,(H2,23,25). The van der Waals surface area contributed by atoms with E-state index in [1.54, 1.807) is 0 Å². The number of carbonyl (C=O) groups excluding carboxylic acids is 1. The molecular formula is C21H21ClN2O. The molecule has 0 aliphatic rings. The molecule has 3 aromatic rings. The average Bonchev–Trinajstić information content (AvgIpc) is 2.88. The number of primary amides is 1. The van der Waals surface area contributed by atoms with Crippen molar-refractivity contribution in [1.82, 2.24) is 4.57 Å². The first-order valence-corrected chi connectivity index (χ1v) is 8.72. The average molecular weight is 353 g/mol. The van der Waals surface area contributed by atoms with Crippen molar-refractivity contribution >= 4 is 17.5 Å². The van der Waals surface area contributed by atoms with E-state index in [1.807, 2.05) is 49.4 Å². The van der Waals surface area contributed by atoms with Gasteiger partial charge in [-0.3, -0.25) is 4.79 Å². The van der Waals surface area contributed by atoms with Crippen LogP contribution in [0.3, 0.4) is 0 Å².